The smallest absolute Gasteiger partial charge is 0.321 e. The number of nitrogens with one attached hydrogen (secondary N) is 4. The molecule has 3 amide bonds. The van der Waals surface area contributed by atoms with Crippen LogP contribution >= 0.6 is 0 Å². The Bertz CT molecular complexity index is 947. The zero-order chi connectivity index (χ0) is 28.2. The molecule has 2 rings (SSSR count). The molecule has 216 valence electrons. The number of rotatable bonds is 14. The summed E-state index contributed by atoms with van der Waals surface area (Å²) in [6, 6.07) is 0.745. The number of aliphatic hydroxyl groups excluding tert-OH is 6. The topological polar surface area (TPSA) is 256 Å². The lowest BCUT2D eigenvalue weighted by Gasteiger charge is -2.41. The van der Waals surface area contributed by atoms with Gasteiger partial charge in [0.2, 0.25) is 11.9 Å². The first-order valence-electron chi connectivity index (χ1n) is 12.2. The first kappa shape index (κ1) is 31.5. The molecule has 1 saturated heterocycles. The third kappa shape index (κ3) is 9.88. The van der Waals surface area contributed by atoms with Gasteiger partial charge in [0, 0.05) is 31.3 Å². The summed E-state index contributed by atoms with van der Waals surface area (Å²) in [5.41, 5.74) is 0.0682. The van der Waals surface area contributed by atoms with Crippen molar-refractivity contribution in [3.8, 4) is 0 Å². The third-order valence-corrected chi connectivity index (χ3v) is 5.74. The van der Waals surface area contributed by atoms with Crippen molar-refractivity contribution in [3.63, 3.8) is 0 Å². The molecule has 16 heteroatoms. The van der Waals surface area contributed by atoms with Crippen LogP contribution in [0.15, 0.2) is 10.9 Å². The van der Waals surface area contributed by atoms with Crippen molar-refractivity contribution in [2.75, 3.05) is 31.6 Å². The highest BCUT2D eigenvalue weighted by Gasteiger charge is 2.45. The molecule has 1 aliphatic heterocycles. The van der Waals surface area contributed by atoms with Gasteiger partial charge in [-0.1, -0.05) is 0 Å². The molecule has 0 bridgehead atoms. The van der Waals surface area contributed by atoms with Gasteiger partial charge in [-0.25, -0.2) is 9.78 Å². The second kappa shape index (κ2) is 15.6. The summed E-state index contributed by atoms with van der Waals surface area (Å²) in [5.74, 6) is -0.349. The van der Waals surface area contributed by atoms with E-state index in [0.717, 1.165) is 0 Å². The largest absolute Gasteiger partial charge is 0.394 e. The van der Waals surface area contributed by atoms with E-state index in [0.29, 0.717) is 31.6 Å². The fourth-order valence-corrected chi connectivity index (χ4v) is 3.65. The van der Waals surface area contributed by atoms with Crippen molar-refractivity contribution in [2.45, 2.75) is 75.5 Å². The molecule has 1 aromatic heterocycles. The number of unbranched alkanes of at least 4 members (excludes halogenated alkanes) is 1. The van der Waals surface area contributed by atoms with Gasteiger partial charge in [-0.05, 0) is 26.2 Å². The zero-order valence-corrected chi connectivity index (χ0v) is 20.9. The molecule has 0 radical (unpaired) electrons. The number of anilines is 1. The Morgan fingerprint density at radius 2 is 1.82 bits per heavy atom. The minimum absolute atomic E-state index is 0.0277. The second-order valence-electron chi connectivity index (χ2n) is 8.83. The molecule has 1 aromatic rings. The molecular formula is C22H37N5O11. The number of aromatic amines is 1. The Labute approximate surface area is 218 Å². The predicted molar refractivity (Wildman–Crippen MR) is 130 cm³/mol. The summed E-state index contributed by atoms with van der Waals surface area (Å²) in [6.07, 6.45) is -9.38. The standard InChI is InChI=1S/C22H37N5O11/c1-11-8-16(32)26-21(25-11)27-22(36)24-7-3-2-6-23-15(31)5-4-13(12(30)9-28)37-20-19(35)18(34)17(33)14(10-29)38-20/h8,12-14,17-20,28-30,33-35H,2-7,9-10H2,1H3,(H,23,31)(H3,24,25,26,27,32,36)/t12-,13?,14-,17+,18+,19-,20-/m1/s1. The number of carbonyl (C=O) groups is 2. The molecule has 38 heavy (non-hydrogen) atoms. The number of hydrogen-bond acceptors (Lipinski definition) is 12. The predicted octanol–water partition coefficient (Wildman–Crippen LogP) is -3.59. The normalized spacial score (nSPS) is 24.9. The SMILES string of the molecule is Cc1cc(=O)[nH]c(NC(=O)NCCCCNC(=O)CCC(O[C@@H]2O[C@H](CO)[C@H](O)[C@H](O)[C@H]2O)[C@H](O)CO)n1. The van der Waals surface area contributed by atoms with Crippen LogP contribution in [0.1, 0.15) is 31.4 Å². The van der Waals surface area contributed by atoms with Crippen LogP contribution in [0.3, 0.4) is 0 Å². The maximum Gasteiger partial charge on any atom is 0.321 e. The Hall–Kier alpha value is -2.70. The number of aliphatic hydroxyl groups is 6. The van der Waals surface area contributed by atoms with Crippen LogP contribution in [0.25, 0.3) is 0 Å². The van der Waals surface area contributed by atoms with Crippen molar-refractivity contribution in [3.05, 3.63) is 22.1 Å². The van der Waals surface area contributed by atoms with Gasteiger partial charge in [-0.15, -0.1) is 0 Å². The molecule has 10 N–H and O–H groups in total. The highest BCUT2D eigenvalue weighted by Crippen LogP contribution is 2.24. The van der Waals surface area contributed by atoms with Crippen molar-refractivity contribution < 1.29 is 49.7 Å². The highest BCUT2D eigenvalue weighted by atomic mass is 16.7. The van der Waals surface area contributed by atoms with Crippen LogP contribution in [-0.2, 0) is 14.3 Å². The van der Waals surface area contributed by atoms with Crippen LogP contribution in [0.4, 0.5) is 10.7 Å². The summed E-state index contributed by atoms with van der Waals surface area (Å²) < 4.78 is 10.7. The number of carbonyl (C=O) groups excluding carboxylic acids is 2. The molecule has 16 nitrogen and oxygen atoms in total. The maximum atomic E-state index is 12.2. The lowest BCUT2D eigenvalue weighted by molar-refractivity contribution is -0.318. The number of H-pyrrole nitrogens is 1. The van der Waals surface area contributed by atoms with E-state index in [1.807, 2.05) is 0 Å². The minimum Gasteiger partial charge on any atom is -0.394 e. The first-order chi connectivity index (χ1) is 18.0. The summed E-state index contributed by atoms with van der Waals surface area (Å²) in [4.78, 5) is 41.8. The van der Waals surface area contributed by atoms with E-state index in [1.165, 1.54) is 6.07 Å². The van der Waals surface area contributed by atoms with Gasteiger partial charge in [0.25, 0.3) is 5.56 Å². The van der Waals surface area contributed by atoms with E-state index in [9.17, 15) is 45.0 Å². The number of nitrogens with zero attached hydrogens (tertiary/aromatic N) is 1. The Balaban J connectivity index is 1.68. The van der Waals surface area contributed by atoms with E-state index in [2.05, 4.69) is 25.9 Å². The fraction of sp³-hybridized carbons (Fsp3) is 0.727. The minimum atomic E-state index is -1.69. The van der Waals surface area contributed by atoms with Crippen LogP contribution in [0, 0.1) is 6.92 Å². The number of aromatic nitrogens is 2. The van der Waals surface area contributed by atoms with Crippen molar-refractivity contribution in [1.29, 1.82) is 0 Å². The van der Waals surface area contributed by atoms with Crippen molar-refractivity contribution in [1.82, 2.24) is 20.6 Å². The zero-order valence-electron chi connectivity index (χ0n) is 20.9. The molecule has 1 unspecified atom stereocenters. The Kier molecular flexibility index (Phi) is 13.0. The van der Waals surface area contributed by atoms with Gasteiger partial charge < -0.3 is 50.7 Å². The highest BCUT2D eigenvalue weighted by molar-refractivity contribution is 5.87. The average Bonchev–Trinajstić information content (AvgIpc) is 2.87. The Morgan fingerprint density at radius 1 is 1.13 bits per heavy atom. The molecule has 1 fully saturated rings. The maximum absolute atomic E-state index is 12.2. The summed E-state index contributed by atoms with van der Waals surface area (Å²) in [6.45, 7) is 0.853. The lowest BCUT2D eigenvalue weighted by Crippen LogP contribution is -2.60. The number of amides is 3. The molecule has 0 saturated carbocycles. The molecule has 0 spiro atoms. The van der Waals surface area contributed by atoms with Crippen molar-refractivity contribution >= 4 is 17.9 Å². The van der Waals surface area contributed by atoms with E-state index in [-0.39, 0.29) is 30.3 Å². The van der Waals surface area contributed by atoms with Gasteiger partial charge >= 0.3 is 6.03 Å². The number of hydrogen-bond donors (Lipinski definition) is 10. The van der Waals surface area contributed by atoms with Crippen LogP contribution in [0.2, 0.25) is 0 Å². The van der Waals surface area contributed by atoms with E-state index < -0.39 is 62.2 Å². The van der Waals surface area contributed by atoms with Gasteiger partial charge in [0.15, 0.2) is 6.29 Å². The van der Waals surface area contributed by atoms with E-state index >= 15 is 0 Å². The van der Waals surface area contributed by atoms with Crippen LogP contribution in [-0.4, -0.2) is 122 Å². The van der Waals surface area contributed by atoms with Gasteiger partial charge in [0.05, 0.1) is 19.3 Å². The third-order valence-electron chi connectivity index (χ3n) is 5.74. The number of aryl methyl sites for hydroxylation is 1. The molecule has 2 heterocycles. The molecule has 0 aromatic carbocycles. The molecule has 0 aliphatic carbocycles. The second-order valence-corrected chi connectivity index (χ2v) is 8.83. The van der Waals surface area contributed by atoms with Gasteiger partial charge in [-0.3, -0.25) is 19.9 Å². The van der Waals surface area contributed by atoms with E-state index in [4.69, 9.17) is 9.47 Å². The Morgan fingerprint density at radius 3 is 2.45 bits per heavy atom. The fourth-order valence-electron chi connectivity index (χ4n) is 3.65. The van der Waals surface area contributed by atoms with Crippen molar-refractivity contribution in [2.24, 2.45) is 0 Å². The average molecular weight is 548 g/mol. The van der Waals surface area contributed by atoms with E-state index in [1.54, 1.807) is 6.92 Å². The molecule has 1 aliphatic rings. The quantitative estimate of drug-likeness (QED) is 0.101. The summed E-state index contributed by atoms with van der Waals surface area (Å²) in [7, 11) is 0. The lowest BCUT2D eigenvalue weighted by atomic mass is 9.99. The summed E-state index contributed by atoms with van der Waals surface area (Å²) >= 11 is 0. The van der Waals surface area contributed by atoms with Crippen LogP contribution < -0.4 is 21.5 Å². The first-order valence-corrected chi connectivity index (χ1v) is 12.2. The van der Waals surface area contributed by atoms with Gasteiger partial charge in [0.1, 0.15) is 30.5 Å². The summed E-state index contributed by atoms with van der Waals surface area (Å²) in [5, 5.41) is 66.2. The van der Waals surface area contributed by atoms with Crippen LogP contribution in [0.5, 0.6) is 0 Å². The molecule has 7 atom stereocenters. The number of urea groups is 1. The monoisotopic (exact) mass is 547 g/mol. The molecular weight excluding hydrogens is 510 g/mol. The van der Waals surface area contributed by atoms with Gasteiger partial charge in [-0.2, -0.15) is 0 Å². The number of ether oxygens (including phenoxy) is 2.